The predicted octanol–water partition coefficient (Wildman–Crippen LogP) is 1.81. The Morgan fingerprint density at radius 2 is 2.50 bits per heavy atom. The van der Waals surface area contributed by atoms with E-state index in [2.05, 4.69) is 21.2 Å². The van der Waals surface area contributed by atoms with E-state index in [9.17, 15) is 4.79 Å². The number of carbonyl (C=O) groups is 1. The smallest absolute Gasteiger partial charge is 0.254 e. The van der Waals surface area contributed by atoms with Crippen molar-refractivity contribution in [2.75, 3.05) is 13.7 Å². The van der Waals surface area contributed by atoms with Crippen molar-refractivity contribution in [2.45, 2.75) is 13.0 Å². The molecular weight excluding hydrogens is 250 g/mol. The van der Waals surface area contributed by atoms with E-state index in [1.165, 1.54) is 6.26 Å². The Hall–Kier alpha value is -0.810. The number of carbonyl (C=O) groups excluding carboxylic acids is 1. The molecule has 0 unspecified atom stereocenters. The normalized spacial score (nSPS) is 12.5. The Balaban J connectivity index is 2.50. The molecule has 0 saturated carbocycles. The number of halogens is 1. The predicted molar refractivity (Wildman–Crippen MR) is 55.2 cm³/mol. The summed E-state index contributed by atoms with van der Waals surface area (Å²) in [5.41, 5.74) is 0.500. The fourth-order valence-corrected chi connectivity index (χ4v) is 1.37. The molecule has 1 amide bonds. The zero-order valence-electron chi connectivity index (χ0n) is 8.04. The maximum Gasteiger partial charge on any atom is 0.254 e. The molecular formula is C9H12BrNO3. The molecule has 1 atom stereocenters. The highest BCUT2D eigenvalue weighted by molar-refractivity contribution is 9.10. The average Bonchev–Trinajstić information content (AvgIpc) is 2.52. The molecule has 78 valence electrons. The molecule has 0 aliphatic carbocycles. The number of hydrogen-bond donors (Lipinski definition) is 1. The lowest BCUT2D eigenvalue weighted by atomic mass is 10.3. The number of methoxy groups -OCH3 is 1. The summed E-state index contributed by atoms with van der Waals surface area (Å²) in [6, 6.07) is 1.61. The molecule has 0 aliphatic heterocycles. The second-order valence-corrected chi connectivity index (χ2v) is 3.75. The van der Waals surface area contributed by atoms with Gasteiger partial charge in [-0.3, -0.25) is 4.79 Å². The van der Waals surface area contributed by atoms with E-state index in [0.717, 1.165) is 0 Å². The quantitative estimate of drug-likeness (QED) is 0.900. The lowest BCUT2D eigenvalue weighted by molar-refractivity contribution is 0.0905. The highest BCUT2D eigenvalue weighted by atomic mass is 79.9. The highest BCUT2D eigenvalue weighted by Gasteiger charge is 2.11. The van der Waals surface area contributed by atoms with E-state index in [-0.39, 0.29) is 11.9 Å². The van der Waals surface area contributed by atoms with Crippen LogP contribution in [0.25, 0.3) is 0 Å². The van der Waals surface area contributed by atoms with E-state index in [1.54, 1.807) is 13.2 Å². The molecule has 0 fully saturated rings. The zero-order chi connectivity index (χ0) is 10.6. The van der Waals surface area contributed by atoms with Gasteiger partial charge in [-0.25, -0.2) is 0 Å². The van der Waals surface area contributed by atoms with Crippen LogP contribution < -0.4 is 5.32 Å². The first-order chi connectivity index (χ1) is 6.63. The third-order valence-electron chi connectivity index (χ3n) is 1.62. The summed E-state index contributed by atoms with van der Waals surface area (Å²) in [5, 5.41) is 2.77. The van der Waals surface area contributed by atoms with Crippen LogP contribution in [0.15, 0.2) is 21.4 Å². The van der Waals surface area contributed by atoms with Crippen LogP contribution in [0.4, 0.5) is 0 Å². The summed E-state index contributed by atoms with van der Waals surface area (Å²) in [7, 11) is 1.59. The Kier molecular flexibility index (Phi) is 4.16. The first-order valence-electron chi connectivity index (χ1n) is 4.17. The Morgan fingerprint density at radius 3 is 3.00 bits per heavy atom. The summed E-state index contributed by atoms with van der Waals surface area (Å²) >= 11 is 3.13. The highest BCUT2D eigenvalue weighted by Crippen LogP contribution is 2.13. The number of ether oxygens (including phenoxy) is 1. The summed E-state index contributed by atoms with van der Waals surface area (Å²) < 4.78 is 10.4. The Morgan fingerprint density at radius 1 is 1.79 bits per heavy atom. The Labute approximate surface area is 90.7 Å². The van der Waals surface area contributed by atoms with Gasteiger partial charge in [0.25, 0.3) is 5.91 Å². The van der Waals surface area contributed by atoms with Crippen LogP contribution in [-0.4, -0.2) is 25.7 Å². The fourth-order valence-electron chi connectivity index (χ4n) is 1.03. The van der Waals surface area contributed by atoms with Gasteiger partial charge in [0.2, 0.25) is 0 Å². The lowest BCUT2D eigenvalue weighted by Gasteiger charge is -2.11. The van der Waals surface area contributed by atoms with Gasteiger partial charge in [-0.15, -0.1) is 0 Å². The number of rotatable bonds is 4. The van der Waals surface area contributed by atoms with Crippen LogP contribution in [-0.2, 0) is 4.74 Å². The SMILES string of the molecule is COC[C@H](C)NC(=O)c1coc(Br)c1. The van der Waals surface area contributed by atoms with E-state index >= 15 is 0 Å². The van der Waals surface area contributed by atoms with Crippen LogP contribution >= 0.6 is 15.9 Å². The van der Waals surface area contributed by atoms with Gasteiger partial charge in [0.15, 0.2) is 4.67 Å². The van der Waals surface area contributed by atoms with Crippen molar-refractivity contribution in [3.63, 3.8) is 0 Å². The molecule has 1 aromatic rings. The van der Waals surface area contributed by atoms with Gasteiger partial charge < -0.3 is 14.5 Å². The molecule has 0 saturated heterocycles. The molecule has 1 rings (SSSR count). The summed E-state index contributed by atoms with van der Waals surface area (Å²) in [6.07, 6.45) is 1.40. The number of amides is 1. The molecule has 1 heterocycles. The van der Waals surface area contributed by atoms with E-state index in [0.29, 0.717) is 16.8 Å². The number of hydrogen-bond acceptors (Lipinski definition) is 3. The van der Waals surface area contributed by atoms with Gasteiger partial charge in [0.05, 0.1) is 12.2 Å². The third-order valence-corrected chi connectivity index (χ3v) is 2.04. The second-order valence-electron chi connectivity index (χ2n) is 2.97. The zero-order valence-corrected chi connectivity index (χ0v) is 9.63. The van der Waals surface area contributed by atoms with Crippen LogP contribution in [0.5, 0.6) is 0 Å². The third kappa shape index (κ3) is 3.16. The Bertz CT molecular complexity index is 311. The van der Waals surface area contributed by atoms with Crippen LogP contribution in [0.2, 0.25) is 0 Å². The molecule has 0 radical (unpaired) electrons. The van der Waals surface area contributed by atoms with E-state index < -0.39 is 0 Å². The molecule has 1 N–H and O–H groups in total. The number of nitrogens with one attached hydrogen (secondary N) is 1. The maximum atomic E-state index is 11.5. The van der Waals surface area contributed by atoms with Gasteiger partial charge in [0, 0.05) is 19.2 Å². The van der Waals surface area contributed by atoms with Crippen molar-refractivity contribution in [1.29, 1.82) is 0 Å². The molecule has 1 aromatic heterocycles. The monoisotopic (exact) mass is 261 g/mol. The first kappa shape index (κ1) is 11.3. The maximum absolute atomic E-state index is 11.5. The number of furan rings is 1. The van der Waals surface area contributed by atoms with Crippen molar-refractivity contribution in [2.24, 2.45) is 0 Å². The van der Waals surface area contributed by atoms with Gasteiger partial charge in [-0.1, -0.05) is 0 Å². The summed E-state index contributed by atoms with van der Waals surface area (Å²) in [4.78, 5) is 11.5. The van der Waals surface area contributed by atoms with Crippen LogP contribution in [0.1, 0.15) is 17.3 Å². The average molecular weight is 262 g/mol. The molecule has 14 heavy (non-hydrogen) atoms. The molecule has 0 aromatic carbocycles. The minimum Gasteiger partial charge on any atom is -0.457 e. The minimum absolute atomic E-state index is 0.0128. The van der Waals surface area contributed by atoms with E-state index in [4.69, 9.17) is 9.15 Å². The molecule has 5 heteroatoms. The standard InChI is InChI=1S/C9H12BrNO3/c1-6(4-13-2)11-9(12)7-3-8(10)14-5-7/h3,5-6H,4H2,1-2H3,(H,11,12)/t6-/m0/s1. The molecule has 0 spiro atoms. The van der Waals surface area contributed by atoms with Crippen LogP contribution in [0.3, 0.4) is 0 Å². The molecule has 0 bridgehead atoms. The summed E-state index contributed by atoms with van der Waals surface area (Å²) in [6.45, 7) is 2.36. The van der Waals surface area contributed by atoms with Gasteiger partial charge in [-0.05, 0) is 22.9 Å². The lowest BCUT2D eigenvalue weighted by Crippen LogP contribution is -2.35. The largest absolute Gasteiger partial charge is 0.457 e. The minimum atomic E-state index is -0.163. The fraction of sp³-hybridized carbons (Fsp3) is 0.444. The second kappa shape index (κ2) is 5.17. The summed E-state index contributed by atoms with van der Waals surface area (Å²) in [5.74, 6) is -0.163. The van der Waals surface area contributed by atoms with Crippen molar-refractivity contribution in [1.82, 2.24) is 5.32 Å². The first-order valence-corrected chi connectivity index (χ1v) is 4.96. The molecule has 4 nitrogen and oxygen atoms in total. The van der Waals surface area contributed by atoms with Crippen molar-refractivity contribution < 1.29 is 13.9 Å². The van der Waals surface area contributed by atoms with Crippen molar-refractivity contribution in [3.05, 3.63) is 22.6 Å². The van der Waals surface area contributed by atoms with Gasteiger partial charge in [0.1, 0.15) is 6.26 Å². The van der Waals surface area contributed by atoms with Gasteiger partial charge in [-0.2, -0.15) is 0 Å². The van der Waals surface area contributed by atoms with Crippen molar-refractivity contribution in [3.8, 4) is 0 Å². The topological polar surface area (TPSA) is 51.5 Å². The van der Waals surface area contributed by atoms with E-state index in [1.807, 2.05) is 6.92 Å². The van der Waals surface area contributed by atoms with Gasteiger partial charge >= 0.3 is 0 Å². The van der Waals surface area contributed by atoms with Crippen molar-refractivity contribution >= 4 is 21.8 Å². The van der Waals surface area contributed by atoms with Crippen LogP contribution in [0, 0.1) is 0 Å². The molecule has 0 aliphatic rings.